The van der Waals surface area contributed by atoms with Gasteiger partial charge in [-0.05, 0) is 71.2 Å². The highest BCUT2D eigenvalue weighted by Crippen LogP contribution is 2.50. The van der Waals surface area contributed by atoms with Crippen molar-refractivity contribution in [1.82, 2.24) is 19.5 Å². The van der Waals surface area contributed by atoms with Gasteiger partial charge in [-0.15, -0.1) is 0 Å². The molecule has 0 radical (unpaired) electrons. The molecule has 0 spiro atoms. The minimum atomic E-state index is 0.0684. The van der Waals surface area contributed by atoms with Crippen LogP contribution in [-0.4, -0.2) is 19.5 Å². The largest absolute Gasteiger partial charge is 0.455 e. The van der Waals surface area contributed by atoms with E-state index in [9.17, 15) is 0 Å². The lowest BCUT2D eigenvalue weighted by Crippen LogP contribution is -2.34. The maximum Gasteiger partial charge on any atom is 0.167 e. The molecule has 0 aliphatic heterocycles. The van der Waals surface area contributed by atoms with E-state index in [2.05, 4.69) is 111 Å². The molecule has 0 atom stereocenters. The van der Waals surface area contributed by atoms with Crippen molar-refractivity contribution in [3.05, 3.63) is 145 Å². The lowest BCUT2D eigenvalue weighted by Gasteiger charge is -2.42. The fourth-order valence-electron chi connectivity index (χ4n) is 8.54. The van der Waals surface area contributed by atoms with Crippen molar-refractivity contribution < 1.29 is 4.42 Å². The van der Waals surface area contributed by atoms with Crippen LogP contribution in [0.25, 0.3) is 83.6 Å². The Morgan fingerprint density at radius 3 is 2.04 bits per heavy atom. The standard InChI is InChI=1S/C47H38N4O/c1-46(2)26-27-47(3,4)41-36(46)24-25-38-40(41)34-19-8-10-22-37(34)51(38)31-17-12-16-30(28-31)44-48-43(29-14-6-5-7-15-29)49-45(50-44)35-21-13-20-33-32-18-9-11-23-39(32)52-42(33)35/h5-25,28H,26-27H2,1-4H3. The summed E-state index contributed by atoms with van der Waals surface area (Å²) in [6.45, 7) is 9.64. The second-order valence-electron chi connectivity index (χ2n) is 15.5. The first kappa shape index (κ1) is 30.7. The summed E-state index contributed by atoms with van der Waals surface area (Å²) in [7, 11) is 0. The van der Waals surface area contributed by atoms with Gasteiger partial charge in [0.1, 0.15) is 11.2 Å². The molecule has 0 N–H and O–H groups in total. The van der Waals surface area contributed by atoms with Gasteiger partial charge in [0, 0.05) is 38.4 Å². The third kappa shape index (κ3) is 4.65. The van der Waals surface area contributed by atoms with Gasteiger partial charge in [-0.2, -0.15) is 0 Å². The van der Waals surface area contributed by atoms with Crippen LogP contribution in [0.3, 0.4) is 0 Å². The molecule has 0 unspecified atom stereocenters. The minimum absolute atomic E-state index is 0.0684. The summed E-state index contributed by atoms with van der Waals surface area (Å²) in [5.41, 5.74) is 10.9. The molecule has 3 aromatic heterocycles. The van der Waals surface area contributed by atoms with Crippen molar-refractivity contribution >= 4 is 43.7 Å². The summed E-state index contributed by atoms with van der Waals surface area (Å²) < 4.78 is 8.86. The average Bonchev–Trinajstić information content (AvgIpc) is 3.73. The highest BCUT2D eigenvalue weighted by molar-refractivity contribution is 6.12. The Morgan fingerprint density at radius 2 is 1.19 bits per heavy atom. The number of hydrogen-bond acceptors (Lipinski definition) is 4. The summed E-state index contributed by atoms with van der Waals surface area (Å²) in [6, 6.07) is 46.7. The van der Waals surface area contributed by atoms with Crippen molar-refractivity contribution in [3.8, 4) is 39.9 Å². The summed E-state index contributed by atoms with van der Waals surface area (Å²) in [6.07, 6.45) is 2.34. The van der Waals surface area contributed by atoms with Gasteiger partial charge in [0.25, 0.3) is 0 Å². The molecule has 6 aromatic carbocycles. The van der Waals surface area contributed by atoms with E-state index < -0.39 is 0 Å². The fourth-order valence-corrected chi connectivity index (χ4v) is 8.54. The van der Waals surface area contributed by atoms with Crippen LogP contribution in [0.2, 0.25) is 0 Å². The zero-order chi connectivity index (χ0) is 35.2. The van der Waals surface area contributed by atoms with Crippen molar-refractivity contribution in [2.24, 2.45) is 0 Å². The number of hydrogen-bond donors (Lipinski definition) is 0. The van der Waals surface area contributed by atoms with Crippen molar-refractivity contribution in [1.29, 1.82) is 0 Å². The molecule has 52 heavy (non-hydrogen) atoms. The molecule has 3 heterocycles. The molecule has 252 valence electrons. The second kappa shape index (κ2) is 11.2. The molecule has 1 aliphatic rings. The molecule has 1 aliphatic carbocycles. The zero-order valence-corrected chi connectivity index (χ0v) is 29.8. The smallest absolute Gasteiger partial charge is 0.167 e. The first-order valence-corrected chi connectivity index (χ1v) is 18.2. The van der Waals surface area contributed by atoms with Gasteiger partial charge >= 0.3 is 0 Å². The Morgan fingerprint density at radius 1 is 0.538 bits per heavy atom. The monoisotopic (exact) mass is 674 g/mol. The van der Waals surface area contributed by atoms with Crippen LogP contribution >= 0.6 is 0 Å². The van der Waals surface area contributed by atoms with Gasteiger partial charge in [-0.3, -0.25) is 0 Å². The van der Waals surface area contributed by atoms with E-state index in [-0.39, 0.29) is 10.8 Å². The lowest BCUT2D eigenvalue weighted by molar-refractivity contribution is 0.334. The van der Waals surface area contributed by atoms with E-state index >= 15 is 0 Å². The van der Waals surface area contributed by atoms with Crippen LogP contribution in [0.15, 0.2) is 138 Å². The van der Waals surface area contributed by atoms with Gasteiger partial charge in [0.15, 0.2) is 17.5 Å². The Bertz CT molecular complexity index is 2860. The summed E-state index contributed by atoms with van der Waals surface area (Å²) in [5, 5.41) is 4.77. The Labute approximate surface area is 302 Å². The number of furan rings is 1. The number of aromatic nitrogens is 4. The molecule has 0 amide bonds. The van der Waals surface area contributed by atoms with E-state index in [1.54, 1.807) is 0 Å². The molecule has 5 nitrogen and oxygen atoms in total. The van der Waals surface area contributed by atoms with Gasteiger partial charge in [0.05, 0.1) is 16.6 Å². The Hall–Kier alpha value is -6.07. The van der Waals surface area contributed by atoms with Crippen LogP contribution in [0.4, 0.5) is 0 Å². The molecule has 0 fully saturated rings. The minimum Gasteiger partial charge on any atom is -0.455 e. The van der Waals surface area contributed by atoms with E-state index in [1.165, 1.54) is 39.4 Å². The predicted molar refractivity (Wildman–Crippen MR) is 213 cm³/mol. The third-order valence-corrected chi connectivity index (χ3v) is 11.3. The number of fused-ring (bicyclic) bond motifs is 8. The topological polar surface area (TPSA) is 56.7 Å². The highest BCUT2D eigenvalue weighted by atomic mass is 16.3. The van der Waals surface area contributed by atoms with Crippen molar-refractivity contribution in [2.75, 3.05) is 0 Å². The third-order valence-electron chi connectivity index (χ3n) is 11.3. The molecule has 5 heteroatoms. The first-order chi connectivity index (χ1) is 25.3. The number of nitrogens with zero attached hydrogens (tertiary/aromatic N) is 4. The van der Waals surface area contributed by atoms with E-state index in [0.717, 1.165) is 50.7 Å². The molecule has 10 rings (SSSR count). The van der Waals surface area contributed by atoms with E-state index in [4.69, 9.17) is 19.4 Å². The lowest BCUT2D eigenvalue weighted by atomic mass is 9.62. The molecular formula is C47H38N4O. The number of rotatable bonds is 4. The maximum atomic E-state index is 6.44. The van der Waals surface area contributed by atoms with Crippen LogP contribution in [0.1, 0.15) is 51.7 Å². The summed E-state index contributed by atoms with van der Waals surface area (Å²) >= 11 is 0. The fraction of sp³-hybridized carbons (Fsp3) is 0.170. The van der Waals surface area contributed by atoms with Crippen LogP contribution in [0.5, 0.6) is 0 Å². The highest BCUT2D eigenvalue weighted by Gasteiger charge is 2.39. The van der Waals surface area contributed by atoms with Gasteiger partial charge < -0.3 is 8.98 Å². The second-order valence-corrected chi connectivity index (χ2v) is 15.5. The van der Waals surface area contributed by atoms with Gasteiger partial charge in [-0.25, -0.2) is 15.0 Å². The molecular weight excluding hydrogens is 637 g/mol. The normalized spacial score (nSPS) is 15.1. The SMILES string of the molecule is CC1(C)CCC(C)(C)c2c1ccc1c2c2ccccc2n1-c1cccc(-c2nc(-c3ccccc3)nc(-c3cccc4c3oc3ccccc34)n2)c1. The Kier molecular flexibility index (Phi) is 6.63. The summed E-state index contributed by atoms with van der Waals surface area (Å²) in [5.74, 6) is 1.81. The quantitative estimate of drug-likeness (QED) is 0.186. The first-order valence-electron chi connectivity index (χ1n) is 18.2. The number of para-hydroxylation sites is 3. The molecule has 0 saturated heterocycles. The number of benzene rings is 6. The zero-order valence-electron chi connectivity index (χ0n) is 29.8. The van der Waals surface area contributed by atoms with E-state index in [1.807, 2.05) is 54.6 Å². The van der Waals surface area contributed by atoms with Crippen LogP contribution < -0.4 is 0 Å². The maximum absolute atomic E-state index is 6.44. The molecule has 0 saturated carbocycles. The Balaban J connectivity index is 1.20. The van der Waals surface area contributed by atoms with Crippen LogP contribution in [0, 0.1) is 0 Å². The molecule has 0 bridgehead atoms. The van der Waals surface area contributed by atoms with Gasteiger partial charge in [-0.1, -0.05) is 125 Å². The van der Waals surface area contributed by atoms with Crippen molar-refractivity contribution in [3.63, 3.8) is 0 Å². The van der Waals surface area contributed by atoms with Gasteiger partial charge in [0.2, 0.25) is 0 Å². The average molecular weight is 675 g/mol. The predicted octanol–water partition coefficient (Wildman–Crippen LogP) is 12.2. The van der Waals surface area contributed by atoms with Crippen LogP contribution in [-0.2, 0) is 10.8 Å². The van der Waals surface area contributed by atoms with Crippen molar-refractivity contribution in [2.45, 2.75) is 51.4 Å². The molecule has 9 aromatic rings. The summed E-state index contributed by atoms with van der Waals surface area (Å²) in [4.78, 5) is 15.3. The van der Waals surface area contributed by atoms with E-state index in [0.29, 0.717) is 17.5 Å².